The van der Waals surface area contributed by atoms with Crippen LogP contribution in [0.25, 0.3) is 0 Å². The van der Waals surface area contributed by atoms with Crippen LogP contribution in [-0.4, -0.2) is 12.5 Å². The van der Waals surface area contributed by atoms with Gasteiger partial charge >= 0.3 is 0 Å². The zero-order valence-corrected chi connectivity index (χ0v) is 11.3. The fraction of sp³-hybridized carbons (Fsp3) is 0.533. The molecule has 1 amide bonds. The van der Waals surface area contributed by atoms with Crippen molar-refractivity contribution >= 4 is 11.6 Å². The Morgan fingerprint density at radius 3 is 2.95 bits per heavy atom. The number of anilines is 1. The first-order valence-corrected chi connectivity index (χ1v) is 6.89. The largest absolute Gasteiger partial charge is 0.385 e. The van der Waals surface area contributed by atoms with Gasteiger partial charge in [-0.05, 0) is 42.9 Å². The quantitative estimate of drug-likeness (QED) is 0.877. The van der Waals surface area contributed by atoms with Gasteiger partial charge in [0.25, 0.3) is 5.91 Å². The Morgan fingerprint density at radius 1 is 1.47 bits per heavy atom. The summed E-state index contributed by atoms with van der Waals surface area (Å²) in [4.78, 5) is 11.1. The van der Waals surface area contributed by atoms with Gasteiger partial charge in [-0.25, -0.2) is 4.39 Å². The van der Waals surface area contributed by atoms with Crippen molar-refractivity contribution in [1.82, 2.24) is 0 Å². The Balaban J connectivity index is 1.96. The lowest BCUT2D eigenvalue weighted by atomic mass is 9.82. The molecule has 1 saturated carbocycles. The first kappa shape index (κ1) is 13.8. The molecule has 1 aromatic rings. The molecular weight excluding hydrogens is 243 g/mol. The zero-order valence-electron chi connectivity index (χ0n) is 11.3. The topological polar surface area (TPSA) is 55.1 Å². The Kier molecular flexibility index (Phi) is 4.40. The summed E-state index contributed by atoms with van der Waals surface area (Å²) in [6.07, 6.45) is 5.07. The van der Waals surface area contributed by atoms with Gasteiger partial charge in [0.2, 0.25) is 0 Å². The van der Waals surface area contributed by atoms with Crippen molar-refractivity contribution in [3.63, 3.8) is 0 Å². The molecule has 3 N–H and O–H groups in total. The molecule has 0 bridgehead atoms. The first-order valence-electron chi connectivity index (χ1n) is 6.89. The average molecular weight is 264 g/mol. The Bertz CT molecular complexity index is 461. The second kappa shape index (κ2) is 6.04. The van der Waals surface area contributed by atoms with Crippen LogP contribution in [0.15, 0.2) is 18.2 Å². The summed E-state index contributed by atoms with van der Waals surface area (Å²) in [6.45, 7) is 3.16. The second-order valence-electron chi connectivity index (χ2n) is 5.58. The van der Waals surface area contributed by atoms with Crippen LogP contribution in [-0.2, 0) is 0 Å². The zero-order chi connectivity index (χ0) is 13.8. The van der Waals surface area contributed by atoms with Gasteiger partial charge in [0.1, 0.15) is 5.82 Å². The highest BCUT2D eigenvalue weighted by Crippen LogP contribution is 2.28. The number of nitrogens with two attached hydrogens (primary N) is 1. The SMILES string of the molecule is CC1CCCC(CNc2ccc(F)c(C(N)=O)c2)C1. The number of nitrogens with one attached hydrogen (secondary N) is 1. The lowest BCUT2D eigenvalue weighted by Crippen LogP contribution is -2.21. The molecular formula is C15H21FN2O. The first-order chi connectivity index (χ1) is 9.06. The van der Waals surface area contributed by atoms with E-state index in [4.69, 9.17) is 5.73 Å². The predicted octanol–water partition coefficient (Wildman–Crippen LogP) is 3.16. The smallest absolute Gasteiger partial charge is 0.251 e. The van der Waals surface area contributed by atoms with Gasteiger partial charge in [-0.2, -0.15) is 0 Å². The van der Waals surface area contributed by atoms with Gasteiger partial charge in [-0.1, -0.05) is 19.8 Å². The van der Waals surface area contributed by atoms with Gasteiger partial charge in [-0.15, -0.1) is 0 Å². The van der Waals surface area contributed by atoms with E-state index in [-0.39, 0.29) is 5.56 Å². The van der Waals surface area contributed by atoms with Crippen molar-refractivity contribution < 1.29 is 9.18 Å². The summed E-state index contributed by atoms with van der Waals surface area (Å²) in [6, 6.07) is 4.42. The lowest BCUT2D eigenvalue weighted by molar-refractivity contribution is 0.0996. The van der Waals surface area contributed by atoms with E-state index in [1.165, 1.54) is 37.8 Å². The normalized spacial score (nSPS) is 23.1. The molecule has 0 aromatic heterocycles. The third-order valence-corrected chi connectivity index (χ3v) is 3.87. The third-order valence-electron chi connectivity index (χ3n) is 3.87. The van der Waals surface area contributed by atoms with Gasteiger partial charge < -0.3 is 11.1 Å². The molecule has 19 heavy (non-hydrogen) atoms. The molecule has 0 heterocycles. The van der Waals surface area contributed by atoms with Crippen molar-refractivity contribution in [3.8, 4) is 0 Å². The van der Waals surface area contributed by atoms with Crippen LogP contribution in [0.1, 0.15) is 43.0 Å². The molecule has 1 aliphatic carbocycles. The fourth-order valence-electron chi connectivity index (χ4n) is 2.83. The molecule has 2 atom stereocenters. The minimum absolute atomic E-state index is 0.0537. The van der Waals surface area contributed by atoms with E-state index in [0.29, 0.717) is 5.92 Å². The minimum atomic E-state index is -0.729. The highest BCUT2D eigenvalue weighted by atomic mass is 19.1. The molecule has 1 aliphatic rings. The molecule has 0 saturated heterocycles. The van der Waals surface area contributed by atoms with Crippen LogP contribution in [0, 0.1) is 17.7 Å². The number of halogens is 1. The highest BCUT2D eigenvalue weighted by Gasteiger charge is 2.18. The fourth-order valence-corrected chi connectivity index (χ4v) is 2.83. The minimum Gasteiger partial charge on any atom is -0.385 e. The van der Waals surface area contributed by atoms with E-state index in [1.54, 1.807) is 6.07 Å². The van der Waals surface area contributed by atoms with Crippen molar-refractivity contribution in [1.29, 1.82) is 0 Å². The Labute approximate surface area is 113 Å². The van der Waals surface area contributed by atoms with Gasteiger partial charge in [0, 0.05) is 12.2 Å². The summed E-state index contributed by atoms with van der Waals surface area (Å²) in [5.74, 6) is 0.151. The summed E-state index contributed by atoms with van der Waals surface area (Å²) >= 11 is 0. The average Bonchev–Trinajstić information content (AvgIpc) is 2.37. The molecule has 2 unspecified atom stereocenters. The summed E-state index contributed by atoms with van der Waals surface area (Å²) in [5.41, 5.74) is 5.84. The van der Waals surface area contributed by atoms with E-state index >= 15 is 0 Å². The maximum absolute atomic E-state index is 13.3. The van der Waals surface area contributed by atoms with Crippen molar-refractivity contribution in [2.45, 2.75) is 32.6 Å². The van der Waals surface area contributed by atoms with Crippen LogP contribution in [0.4, 0.5) is 10.1 Å². The van der Waals surface area contributed by atoms with E-state index in [0.717, 1.165) is 18.2 Å². The summed E-state index contributed by atoms with van der Waals surface area (Å²) in [7, 11) is 0. The van der Waals surface area contributed by atoms with Gasteiger partial charge in [0.15, 0.2) is 0 Å². The van der Waals surface area contributed by atoms with Crippen LogP contribution in [0.3, 0.4) is 0 Å². The predicted molar refractivity (Wildman–Crippen MR) is 74.5 cm³/mol. The number of rotatable bonds is 4. The molecule has 1 fully saturated rings. The molecule has 0 radical (unpaired) electrons. The van der Waals surface area contributed by atoms with Crippen LogP contribution < -0.4 is 11.1 Å². The second-order valence-corrected chi connectivity index (χ2v) is 5.58. The van der Waals surface area contributed by atoms with E-state index < -0.39 is 11.7 Å². The number of benzene rings is 1. The number of amides is 1. The highest BCUT2D eigenvalue weighted by molar-refractivity contribution is 5.94. The van der Waals surface area contributed by atoms with Crippen LogP contribution >= 0.6 is 0 Å². The molecule has 1 aromatic carbocycles. The molecule has 2 rings (SSSR count). The number of carbonyl (C=O) groups excluding carboxylic acids is 1. The van der Waals surface area contributed by atoms with Gasteiger partial charge in [0.05, 0.1) is 5.56 Å². The molecule has 0 aliphatic heterocycles. The van der Waals surface area contributed by atoms with E-state index in [2.05, 4.69) is 12.2 Å². The van der Waals surface area contributed by atoms with Crippen LogP contribution in [0.5, 0.6) is 0 Å². The maximum Gasteiger partial charge on any atom is 0.251 e. The van der Waals surface area contributed by atoms with E-state index in [1.807, 2.05) is 0 Å². The van der Waals surface area contributed by atoms with E-state index in [9.17, 15) is 9.18 Å². The number of carbonyl (C=O) groups is 1. The standard InChI is InChI=1S/C15H21FN2O/c1-10-3-2-4-11(7-10)9-18-12-5-6-14(16)13(8-12)15(17)19/h5-6,8,10-11,18H,2-4,7,9H2,1H3,(H2,17,19). The lowest BCUT2D eigenvalue weighted by Gasteiger charge is -2.27. The summed E-state index contributed by atoms with van der Waals surface area (Å²) in [5, 5.41) is 3.28. The van der Waals surface area contributed by atoms with Gasteiger partial charge in [-0.3, -0.25) is 4.79 Å². The Morgan fingerprint density at radius 2 is 2.26 bits per heavy atom. The monoisotopic (exact) mass is 264 g/mol. The number of hydrogen-bond acceptors (Lipinski definition) is 2. The molecule has 4 heteroatoms. The molecule has 0 spiro atoms. The number of primary amides is 1. The third kappa shape index (κ3) is 3.69. The Hall–Kier alpha value is -1.58. The van der Waals surface area contributed by atoms with Crippen molar-refractivity contribution in [2.75, 3.05) is 11.9 Å². The van der Waals surface area contributed by atoms with Crippen LogP contribution in [0.2, 0.25) is 0 Å². The molecule has 3 nitrogen and oxygen atoms in total. The number of hydrogen-bond donors (Lipinski definition) is 2. The molecule has 104 valence electrons. The van der Waals surface area contributed by atoms with Crippen molar-refractivity contribution in [3.05, 3.63) is 29.6 Å². The summed E-state index contributed by atoms with van der Waals surface area (Å²) < 4.78 is 13.3. The van der Waals surface area contributed by atoms with Crippen molar-refractivity contribution in [2.24, 2.45) is 17.6 Å². The maximum atomic E-state index is 13.3.